The Morgan fingerprint density at radius 1 is 1.26 bits per heavy atom. The summed E-state index contributed by atoms with van der Waals surface area (Å²) < 4.78 is 18.5. The molecule has 1 amide bonds. The molecule has 3 heterocycles. The lowest BCUT2D eigenvalue weighted by molar-refractivity contribution is 0.0759. The molecule has 2 saturated heterocycles. The maximum Gasteiger partial charge on any atom is 0.276 e. The summed E-state index contributed by atoms with van der Waals surface area (Å²) in [6, 6.07) is 5.82. The first-order valence-corrected chi connectivity index (χ1v) is 7.71. The maximum atomic E-state index is 13.0. The molecule has 2 aromatic rings. The van der Waals surface area contributed by atoms with Crippen molar-refractivity contribution >= 4 is 5.91 Å². The zero-order chi connectivity index (χ0) is 15.9. The second-order valence-corrected chi connectivity index (χ2v) is 6.27. The Labute approximate surface area is 132 Å². The minimum atomic E-state index is -0.321. The van der Waals surface area contributed by atoms with Crippen LogP contribution in [0.3, 0.4) is 0 Å². The third-order valence-corrected chi connectivity index (χ3v) is 4.68. The van der Waals surface area contributed by atoms with Crippen molar-refractivity contribution in [2.45, 2.75) is 12.8 Å². The number of carbonyl (C=O) groups excluding carboxylic acids is 1. The molecule has 1 aromatic heterocycles. The average molecular weight is 316 g/mol. The van der Waals surface area contributed by atoms with Crippen LogP contribution in [0.25, 0.3) is 5.69 Å². The first-order chi connectivity index (χ1) is 11.2. The van der Waals surface area contributed by atoms with Crippen molar-refractivity contribution < 1.29 is 13.9 Å². The van der Waals surface area contributed by atoms with Gasteiger partial charge in [-0.15, -0.1) is 5.10 Å². The van der Waals surface area contributed by atoms with Gasteiger partial charge in [0.1, 0.15) is 5.82 Å². The number of likely N-dealkylation sites (tertiary alicyclic amines) is 1. The van der Waals surface area contributed by atoms with Crippen molar-refractivity contribution in [2.75, 3.05) is 26.3 Å². The molecule has 6 nitrogen and oxygen atoms in total. The second kappa shape index (κ2) is 5.42. The number of rotatable bonds is 2. The van der Waals surface area contributed by atoms with E-state index in [-0.39, 0.29) is 17.1 Å². The van der Waals surface area contributed by atoms with E-state index < -0.39 is 0 Å². The molecule has 2 fully saturated rings. The standard InChI is InChI=1S/C16H17FN4O2/c17-12-1-3-13(4-2-12)21-18-9-14(19-21)15(22)20-7-5-16(10-20)6-8-23-11-16/h1-4,9H,5-8,10-11H2/t16-/m0/s1. The minimum absolute atomic E-state index is 0.109. The molecule has 1 aromatic carbocycles. The van der Waals surface area contributed by atoms with Gasteiger partial charge in [-0.1, -0.05) is 0 Å². The molecule has 23 heavy (non-hydrogen) atoms. The number of aromatic nitrogens is 3. The van der Waals surface area contributed by atoms with Crippen LogP contribution in [0, 0.1) is 11.2 Å². The Hall–Kier alpha value is -2.28. The summed E-state index contributed by atoms with van der Waals surface area (Å²) in [6.45, 7) is 2.96. The van der Waals surface area contributed by atoms with Crippen molar-refractivity contribution in [1.82, 2.24) is 19.9 Å². The van der Waals surface area contributed by atoms with E-state index in [9.17, 15) is 9.18 Å². The normalized spacial score (nSPS) is 23.8. The van der Waals surface area contributed by atoms with Gasteiger partial charge < -0.3 is 9.64 Å². The van der Waals surface area contributed by atoms with Crippen LogP contribution >= 0.6 is 0 Å². The molecule has 1 atom stereocenters. The highest BCUT2D eigenvalue weighted by Crippen LogP contribution is 2.38. The van der Waals surface area contributed by atoms with E-state index in [1.807, 2.05) is 4.90 Å². The van der Waals surface area contributed by atoms with Crippen molar-refractivity contribution in [2.24, 2.45) is 5.41 Å². The van der Waals surface area contributed by atoms with Crippen molar-refractivity contribution in [3.8, 4) is 5.69 Å². The van der Waals surface area contributed by atoms with Gasteiger partial charge in [0.05, 0.1) is 18.5 Å². The second-order valence-electron chi connectivity index (χ2n) is 6.27. The van der Waals surface area contributed by atoms with Crippen LogP contribution in [0.1, 0.15) is 23.3 Å². The fraction of sp³-hybridized carbons (Fsp3) is 0.438. The smallest absolute Gasteiger partial charge is 0.276 e. The van der Waals surface area contributed by atoms with Gasteiger partial charge in [-0.3, -0.25) is 4.79 Å². The SMILES string of the molecule is O=C(c1cnn(-c2ccc(F)cc2)n1)N1CC[C@]2(CCOC2)C1. The van der Waals surface area contributed by atoms with E-state index in [4.69, 9.17) is 4.74 Å². The topological polar surface area (TPSA) is 60.2 Å². The van der Waals surface area contributed by atoms with Crippen LogP contribution in [0.5, 0.6) is 0 Å². The minimum Gasteiger partial charge on any atom is -0.381 e. The molecule has 0 bridgehead atoms. The van der Waals surface area contributed by atoms with E-state index in [0.29, 0.717) is 11.4 Å². The Morgan fingerprint density at radius 3 is 2.83 bits per heavy atom. The van der Waals surface area contributed by atoms with Crippen LogP contribution in [0.15, 0.2) is 30.5 Å². The molecule has 0 saturated carbocycles. The fourth-order valence-corrected chi connectivity index (χ4v) is 3.30. The van der Waals surface area contributed by atoms with Crippen LogP contribution in [0.2, 0.25) is 0 Å². The molecule has 2 aliphatic heterocycles. The van der Waals surface area contributed by atoms with Crippen molar-refractivity contribution in [3.63, 3.8) is 0 Å². The van der Waals surface area contributed by atoms with E-state index in [2.05, 4.69) is 10.2 Å². The fourth-order valence-electron chi connectivity index (χ4n) is 3.30. The Kier molecular flexibility index (Phi) is 3.37. The van der Waals surface area contributed by atoms with E-state index in [0.717, 1.165) is 39.1 Å². The molecule has 0 radical (unpaired) electrons. The summed E-state index contributed by atoms with van der Waals surface area (Å²) in [6.07, 6.45) is 3.45. The van der Waals surface area contributed by atoms with Gasteiger partial charge >= 0.3 is 0 Å². The summed E-state index contributed by atoms with van der Waals surface area (Å²) in [5, 5.41) is 8.34. The third-order valence-electron chi connectivity index (χ3n) is 4.68. The molecule has 7 heteroatoms. The summed E-state index contributed by atoms with van der Waals surface area (Å²) >= 11 is 0. The Bertz CT molecular complexity index is 722. The lowest BCUT2D eigenvalue weighted by Gasteiger charge is -2.21. The van der Waals surface area contributed by atoms with Gasteiger partial charge in [-0.25, -0.2) is 4.39 Å². The number of benzene rings is 1. The molecule has 0 aliphatic carbocycles. The summed E-state index contributed by atoms with van der Waals surface area (Å²) in [5.41, 5.74) is 1.06. The molecule has 0 unspecified atom stereocenters. The summed E-state index contributed by atoms with van der Waals surface area (Å²) in [7, 11) is 0. The predicted octanol–water partition coefficient (Wildman–Crippen LogP) is 1.66. The van der Waals surface area contributed by atoms with Gasteiger partial charge in [-0.2, -0.15) is 9.90 Å². The zero-order valence-electron chi connectivity index (χ0n) is 12.6. The first kappa shape index (κ1) is 14.3. The number of halogens is 1. The summed E-state index contributed by atoms with van der Waals surface area (Å²) in [4.78, 5) is 15.8. The lowest BCUT2D eigenvalue weighted by atomic mass is 9.87. The largest absolute Gasteiger partial charge is 0.381 e. The van der Waals surface area contributed by atoms with Gasteiger partial charge in [0.2, 0.25) is 0 Å². The number of carbonyl (C=O) groups is 1. The molecule has 2 aliphatic rings. The Balaban J connectivity index is 1.50. The van der Waals surface area contributed by atoms with Crippen LogP contribution in [-0.2, 0) is 4.74 Å². The molecule has 0 N–H and O–H groups in total. The molecular weight excluding hydrogens is 299 g/mol. The highest BCUT2D eigenvalue weighted by molar-refractivity contribution is 5.92. The van der Waals surface area contributed by atoms with Crippen LogP contribution in [0.4, 0.5) is 4.39 Å². The van der Waals surface area contributed by atoms with Gasteiger partial charge in [0, 0.05) is 25.1 Å². The number of ether oxygens (including phenoxy) is 1. The molecule has 1 spiro atoms. The third kappa shape index (κ3) is 2.61. The van der Waals surface area contributed by atoms with Crippen molar-refractivity contribution in [3.05, 3.63) is 42.0 Å². The van der Waals surface area contributed by atoms with E-state index in [1.165, 1.54) is 23.1 Å². The van der Waals surface area contributed by atoms with Gasteiger partial charge in [0.25, 0.3) is 5.91 Å². The van der Waals surface area contributed by atoms with Crippen LogP contribution < -0.4 is 0 Å². The average Bonchev–Trinajstić information content (AvgIpc) is 3.30. The zero-order valence-corrected chi connectivity index (χ0v) is 12.6. The molecule has 4 rings (SSSR count). The van der Waals surface area contributed by atoms with Crippen molar-refractivity contribution in [1.29, 1.82) is 0 Å². The van der Waals surface area contributed by atoms with Gasteiger partial charge in [0.15, 0.2) is 5.69 Å². The van der Waals surface area contributed by atoms with Crippen LogP contribution in [-0.4, -0.2) is 52.1 Å². The summed E-state index contributed by atoms with van der Waals surface area (Å²) in [5.74, 6) is -0.430. The maximum absolute atomic E-state index is 13.0. The number of hydrogen-bond acceptors (Lipinski definition) is 4. The van der Waals surface area contributed by atoms with Gasteiger partial charge in [-0.05, 0) is 37.1 Å². The monoisotopic (exact) mass is 316 g/mol. The van der Waals surface area contributed by atoms with E-state index in [1.54, 1.807) is 12.1 Å². The Morgan fingerprint density at radius 2 is 2.09 bits per heavy atom. The number of amides is 1. The predicted molar refractivity (Wildman–Crippen MR) is 79.7 cm³/mol. The molecular formula is C16H17FN4O2. The first-order valence-electron chi connectivity index (χ1n) is 7.71. The number of hydrogen-bond donors (Lipinski definition) is 0. The molecule has 120 valence electrons. The highest BCUT2D eigenvalue weighted by atomic mass is 19.1. The quantitative estimate of drug-likeness (QED) is 0.845. The highest BCUT2D eigenvalue weighted by Gasteiger charge is 2.43. The number of nitrogens with zero attached hydrogens (tertiary/aromatic N) is 4. The lowest BCUT2D eigenvalue weighted by Crippen LogP contribution is -2.32. The van der Waals surface area contributed by atoms with E-state index >= 15 is 0 Å².